The molecule has 0 atom stereocenters. The molecule has 108 valence electrons. The van der Waals surface area contributed by atoms with E-state index in [-0.39, 0.29) is 5.78 Å². The minimum atomic E-state index is 0.182. The van der Waals surface area contributed by atoms with Gasteiger partial charge in [0.15, 0.2) is 5.78 Å². The molecule has 0 radical (unpaired) electrons. The van der Waals surface area contributed by atoms with Crippen molar-refractivity contribution in [2.24, 2.45) is 0 Å². The Bertz CT molecular complexity index is 421. The van der Waals surface area contributed by atoms with Crippen molar-refractivity contribution in [3.63, 3.8) is 0 Å². The quantitative estimate of drug-likeness (QED) is 0.609. The summed E-state index contributed by atoms with van der Waals surface area (Å²) in [5.41, 5.74) is 0.780. The Morgan fingerprint density at radius 1 is 1.26 bits per heavy atom. The van der Waals surface area contributed by atoms with Gasteiger partial charge >= 0.3 is 0 Å². The van der Waals surface area contributed by atoms with Gasteiger partial charge in [-0.15, -0.1) is 11.3 Å². The smallest absolute Gasteiger partial charge is 0.178 e. The molecular formula is C13H20Br2N2OS. The minimum Gasteiger partial charge on any atom is -0.308 e. The van der Waals surface area contributed by atoms with Crippen molar-refractivity contribution in [3.8, 4) is 0 Å². The zero-order valence-electron chi connectivity index (χ0n) is 11.6. The summed E-state index contributed by atoms with van der Waals surface area (Å²) in [4.78, 5) is 16.7. The van der Waals surface area contributed by atoms with Crippen LogP contribution in [0, 0.1) is 0 Å². The third kappa shape index (κ3) is 6.04. The summed E-state index contributed by atoms with van der Waals surface area (Å²) in [6.45, 7) is 5.49. The van der Waals surface area contributed by atoms with Gasteiger partial charge in [0.2, 0.25) is 0 Å². The Morgan fingerprint density at radius 3 is 2.42 bits per heavy atom. The van der Waals surface area contributed by atoms with E-state index in [0.717, 1.165) is 39.2 Å². The Kier molecular flexibility index (Phi) is 7.76. The molecule has 1 aromatic rings. The number of carbonyl (C=O) groups is 1. The molecule has 1 aromatic heterocycles. The Balaban J connectivity index is 2.62. The lowest BCUT2D eigenvalue weighted by Gasteiger charge is -2.22. The van der Waals surface area contributed by atoms with E-state index in [1.165, 1.54) is 0 Å². The molecule has 0 unspecified atom stereocenters. The van der Waals surface area contributed by atoms with Crippen LogP contribution in [-0.2, 0) is 0 Å². The molecule has 0 saturated carbocycles. The highest BCUT2D eigenvalue weighted by Crippen LogP contribution is 2.32. The van der Waals surface area contributed by atoms with E-state index in [1.807, 2.05) is 6.07 Å². The van der Waals surface area contributed by atoms with Crippen LogP contribution in [0.2, 0.25) is 0 Å². The lowest BCUT2D eigenvalue weighted by atomic mass is 10.2. The highest BCUT2D eigenvalue weighted by molar-refractivity contribution is 9.12. The van der Waals surface area contributed by atoms with E-state index in [9.17, 15) is 4.79 Å². The number of halogens is 2. The Hall–Kier alpha value is 0.250. The van der Waals surface area contributed by atoms with Crippen LogP contribution in [0.3, 0.4) is 0 Å². The molecular weight excluding hydrogens is 392 g/mol. The molecule has 0 bridgehead atoms. The third-order valence-corrected chi connectivity index (χ3v) is 5.07. The third-order valence-electron chi connectivity index (χ3n) is 2.73. The number of ketones is 1. The highest BCUT2D eigenvalue weighted by atomic mass is 79.9. The molecule has 0 saturated heterocycles. The first-order chi connectivity index (χ1) is 8.93. The average Bonchev–Trinajstić information content (AvgIpc) is 2.65. The summed E-state index contributed by atoms with van der Waals surface area (Å²) in [5, 5.41) is 0. The van der Waals surface area contributed by atoms with Crippen molar-refractivity contribution in [1.82, 2.24) is 9.80 Å². The first-order valence-corrected chi connectivity index (χ1v) is 8.69. The second-order valence-electron chi connectivity index (χ2n) is 4.74. The van der Waals surface area contributed by atoms with Crippen molar-refractivity contribution >= 4 is 49.0 Å². The van der Waals surface area contributed by atoms with E-state index < -0.39 is 0 Å². The number of hydrogen-bond donors (Lipinski definition) is 0. The molecule has 0 aliphatic carbocycles. The van der Waals surface area contributed by atoms with Crippen molar-refractivity contribution < 1.29 is 4.79 Å². The van der Waals surface area contributed by atoms with Crippen LogP contribution in [-0.4, -0.2) is 55.9 Å². The van der Waals surface area contributed by atoms with Gasteiger partial charge in [-0.05, 0) is 65.0 Å². The topological polar surface area (TPSA) is 23.6 Å². The van der Waals surface area contributed by atoms with E-state index in [2.05, 4.69) is 62.7 Å². The van der Waals surface area contributed by atoms with E-state index in [0.29, 0.717) is 6.54 Å². The number of likely N-dealkylation sites (N-methyl/N-ethyl adjacent to an activating group) is 1. The van der Waals surface area contributed by atoms with Gasteiger partial charge in [0, 0.05) is 18.7 Å². The van der Waals surface area contributed by atoms with Crippen LogP contribution in [0.5, 0.6) is 0 Å². The van der Waals surface area contributed by atoms with Gasteiger partial charge in [0.05, 0.1) is 14.1 Å². The number of thiophene rings is 1. The van der Waals surface area contributed by atoms with Gasteiger partial charge in [0.25, 0.3) is 0 Å². The molecule has 0 N–H and O–H groups in total. The predicted molar refractivity (Wildman–Crippen MR) is 89.3 cm³/mol. The van der Waals surface area contributed by atoms with Crippen molar-refractivity contribution in [3.05, 3.63) is 19.2 Å². The number of rotatable bonds is 8. The summed E-state index contributed by atoms with van der Waals surface area (Å²) < 4.78 is 1.89. The molecule has 0 aliphatic rings. The zero-order chi connectivity index (χ0) is 14.4. The minimum absolute atomic E-state index is 0.182. The second kappa shape index (κ2) is 8.52. The zero-order valence-corrected chi connectivity index (χ0v) is 15.6. The summed E-state index contributed by atoms with van der Waals surface area (Å²) in [5.74, 6) is 0.182. The molecule has 1 heterocycles. The van der Waals surface area contributed by atoms with Gasteiger partial charge in [-0.3, -0.25) is 9.69 Å². The molecule has 6 heteroatoms. The Morgan fingerprint density at radius 2 is 1.95 bits per heavy atom. The monoisotopic (exact) mass is 410 g/mol. The number of carbonyl (C=O) groups excluding carboxylic acids is 1. The van der Waals surface area contributed by atoms with E-state index in [4.69, 9.17) is 0 Å². The van der Waals surface area contributed by atoms with Crippen LogP contribution in [0.1, 0.15) is 23.7 Å². The predicted octanol–water partition coefficient (Wildman–Crippen LogP) is 3.73. The summed E-state index contributed by atoms with van der Waals surface area (Å²) in [6.07, 6.45) is 1.06. The molecule has 0 aromatic carbocycles. The standard InChI is InChI=1S/C13H20Br2N2OS/c1-4-5-17(7-6-16(2)3)9-11(18)10-8-12(14)19-13(10)15/h8H,4-7,9H2,1-3H3. The number of Topliss-reactive ketones (excluding diaryl/α,β-unsaturated/α-hetero) is 1. The van der Waals surface area contributed by atoms with Crippen LogP contribution >= 0.6 is 43.2 Å². The second-order valence-corrected chi connectivity index (χ2v) is 8.49. The molecule has 19 heavy (non-hydrogen) atoms. The van der Waals surface area contributed by atoms with Crippen LogP contribution in [0.25, 0.3) is 0 Å². The van der Waals surface area contributed by atoms with Gasteiger partial charge in [0.1, 0.15) is 0 Å². The van der Waals surface area contributed by atoms with Gasteiger partial charge in [-0.25, -0.2) is 0 Å². The first-order valence-electron chi connectivity index (χ1n) is 6.29. The van der Waals surface area contributed by atoms with Crippen LogP contribution in [0.4, 0.5) is 0 Å². The lowest BCUT2D eigenvalue weighted by molar-refractivity contribution is 0.0925. The van der Waals surface area contributed by atoms with Crippen molar-refractivity contribution in [2.45, 2.75) is 13.3 Å². The maximum absolute atomic E-state index is 12.3. The molecule has 0 spiro atoms. The number of hydrogen-bond acceptors (Lipinski definition) is 4. The lowest BCUT2D eigenvalue weighted by Crippen LogP contribution is -2.36. The maximum Gasteiger partial charge on any atom is 0.178 e. The fourth-order valence-corrected chi connectivity index (χ4v) is 4.60. The Labute approximate surface area is 136 Å². The summed E-state index contributed by atoms with van der Waals surface area (Å²) in [7, 11) is 4.11. The number of nitrogens with zero attached hydrogens (tertiary/aromatic N) is 2. The van der Waals surface area contributed by atoms with Gasteiger partial charge in [-0.2, -0.15) is 0 Å². The van der Waals surface area contributed by atoms with E-state index >= 15 is 0 Å². The van der Waals surface area contributed by atoms with Crippen LogP contribution in [0.15, 0.2) is 13.6 Å². The normalized spacial score (nSPS) is 11.5. The highest BCUT2D eigenvalue weighted by Gasteiger charge is 2.17. The van der Waals surface area contributed by atoms with Gasteiger partial charge in [-0.1, -0.05) is 6.92 Å². The molecule has 3 nitrogen and oxygen atoms in total. The fourth-order valence-electron chi connectivity index (χ4n) is 1.75. The maximum atomic E-state index is 12.3. The summed E-state index contributed by atoms with van der Waals surface area (Å²) >= 11 is 8.41. The molecule has 0 fully saturated rings. The van der Waals surface area contributed by atoms with Crippen LogP contribution < -0.4 is 0 Å². The average molecular weight is 412 g/mol. The summed E-state index contributed by atoms with van der Waals surface area (Å²) in [6, 6.07) is 1.90. The van der Waals surface area contributed by atoms with Crippen molar-refractivity contribution in [1.29, 1.82) is 0 Å². The molecule has 0 amide bonds. The SMILES string of the molecule is CCCN(CCN(C)C)CC(=O)c1cc(Br)sc1Br. The molecule has 1 rings (SSSR count). The van der Waals surface area contributed by atoms with E-state index in [1.54, 1.807) is 11.3 Å². The fraction of sp³-hybridized carbons (Fsp3) is 0.615. The van der Waals surface area contributed by atoms with Crippen molar-refractivity contribution in [2.75, 3.05) is 40.3 Å². The van der Waals surface area contributed by atoms with Gasteiger partial charge < -0.3 is 4.90 Å². The molecule has 0 aliphatic heterocycles. The first kappa shape index (κ1) is 17.3. The largest absolute Gasteiger partial charge is 0.308 e.